The number of carboxylic acids is 1. The number of anilines is 1. The van der Waals surface area contributed by atoms with E-state index < -0.39 is 5.97 Å². The summed E-state index contributed by atoms with van der Waals surface area (Å²) in [4.78, 5) is 29.1. The molecule has 0 saturated carbocycles. The Labute approximate surface area is 170 Å². The lowest BCUT2D eigenvalue weighted by Gasteiger charge is -2.25. The first-order valence-electron chi connectivity index (χ1n) is 8.55. The van der Waals surface area contributed by atoms with Crippen molar-refractivity contribution in [1.82, 2.24) is 9.88 Å². The second-order valence-electron chi connectivity index (χ2n) is 6.30. The van der Waals surface area contributed by atoms with Crippen LogP contribution in [0.3, 0.4) is 0 Å². The monoisotopic (exact) mass is 425 g/mol. The van der Waals surface area contributed by atoms with Crippen molar-refractivity contribution >= 4 is 52.3 Å². The molecule has 9 heteroatoms. The van der Waals surface area contributed by atoms with Gasteiger partial charge in [-0.05, 0) is 31.0 Å². The highest BCUT2D eigenvalue weighted by Crippen LogP contribution is 2.27. The van der Waals surface area contributed by atoms with Gasteiger partial charge in [-0.25, -0.2) is 9.78 Å². The van der Waals surface area contributed by atoms with Gasteiger partial charge in [-0.1, -0.05) is 29.4 Å². The predicted molar refractivity (Wildman–Crippen MR) is 109 cm³/mol. The van der Waals surface area contributed by atoms with E-state index in [1.807, 2.05) is 30.0 Å². The van der Waals surface area contributed by atoms with Crippen LogP contribution in [0, 0.1) is 6.92 Å². The summed E-state index contributed by atoms with van der Waals surface area (Å²) in [6, 6.07) is 5.96. The smallest absolute Gasteiger partial charge is 0.355 e. The standard InChI is InChI=1S/C18H20ClN3O3S2/c1-11-2-4-13(19)14(8-11)20-9-12-3-5-16(23)22(12)6-7-26-18-21-15(10-27-18)17(24)25/h2,4,8,10,12,20H,3,5-7,9H2,1H3,(H,24,25). The molecule has 0 aliphatic carbocycles. The zero-order chi connectivity index (χ0) is 19.4. The maximum absolute atomic E-state index is 12.2. The molecule has 2 aromatic rings. The third kappa shape index (κ3) is 5.15. The highest BCUT2D eigenvalue weighted by Gasteiger charge is 2.30. The summed E-state index contributed by atoms with van der Waals surface area (Å²) in [7, 11) is 0. The van der Waals surface area contributed by atoms with Gasteiger partial charge in [0.05, 0.1) is 10.7 Å². The number of rotatable bonds is 8. The Balaban J connectivity index is 1.52. The van der Waals surface area contributed by atoms with E-state index in [0.29, 0.717) is 34.6 Å². The lowest BCUT2D eigenvalue weighted by Crippen LogP contribution is -2.39. The Morgan fingerprint density at radius 2 is 2.33 bits per heavy atom. The Morgan fingerprint density at radius 3 is 3.07 bits per heavy atom. The van der Waals surface area contributed by atoms with Crippen molar-refractivity contribution in [2.24, 2.45) is 0 Å². The molecular formula is C18H20ClN3O3S2. The number of halogens is 1. The molecule has 0 bridgehead atoms. The number of carbonyl (C=O) groups is 2. The SMILES string of the molecule is Cc1ccc(Cl)c(NCC2CCC(=O)N2CCSc2nc(C(=O)O)cs2)c1. The van der Waals surface area contributed by atoms with Crippen LogP contribution in [0.15, 0.2) is 27.9 Å². The largest absolute Gasteiger partial charge is 0.476 e. The molecule has 1 amide bonds. The quantitative estimate of drug-likeness (QED) is 0.622. The lowest BCUT2D eigenvalue weighted by molar-refractivity contribution is -0.128. The number of thiazole rings is 1. The van der Waals surface area contributed by atoms with E-state index in [0.717, 1.165) is 17.7 Å². The van der Waals surface area contributed by atoms with Gasteiger partial charge in [0.2, 0.25) is 5.91 Å². The number of hydrogen-bond donors (Lipinski definition) is 2. The first-order valence-corrected chi connectivity index (χ1v) is 10.8. The fraction of sp³-hybridized carbons (Fsp3) is 0.389. The van der Waals surface area contributed by atoms with Crippen LogP contribution in [0.4, 0.5) is 5.69 Å². The molecule has 1 aliphatic heterocycles. The fourth-order valence-electron chi connectivity index (χ4n) is 2.97. The maximum atomic E-state index is 12.2. The summed E-state index contributed by atoms with van der Waals surface area (Å²) >= 11 is 9.02. The normalized spacial score (nSPS) is 16.7. The van der Waals surface area contributed by atoms with Crippen LogP contribution in [0.1, 0.15) is 28.9 Å². The minimum Gasteiger partial charge on any atom is -0.476 e. The summed E-state index contributed by atoms with van der Waals surface area (Å²) in [6.07, 6.45) is 1.37. The van der Waals surface area contributed by atoms with Crippen molar-refractivity contribution in [2.45, 2.75) is 30.1 Å². The van der Waals surface area contributed by atoms with Crippen molar-refractivity contribution in [3.8, 4) is 0 Å². The van der Waals surface area contributed by atoms with Gasteiger partial charge in [0.15, 0.2) is 10.0 Å². The zero-order valence-electron chi connectivity index (χ0n) is 14.8. The lowest BCUT2D eigenvalue weighted by atomic mass is 10.2. The van der Waals surface area contributed by atoms with Crippen LogP contribution in [0.5, 0.6) is 0 Å². The molecule has 2 N–H and O–H groups in total. The van der Waals surface area contributed by atoms with Crippen LogP contribution in [-0.4, -0.2) is 51.8 Å². The molecule has 1 saturated heterocycles. The number of aromatic nitrogens is 1. The zero-order valence-corrected chi connectivity index (χ0v) is 17.2. The molecule has 1 aliphatic rings. The molecule has 6 nitrogen and oxygen atoms in total. The van der Waals surface area contributed by atoms with Gasteiger partial charge in [-0.15, -0.1) is 11.3 Å². The number of nitrogens with one attached hydrogen (secondary N) is 1. The Bertz CT molecular complexity index is 843. The predicted octanol–water partition coefficient (Wildman–Crippen LogP) is 4.00. The molecule has 1 unspecified atom stereocenters. The van der Waals surface area contributed by atoms with Gasteiger partial charge >= 0.3 is 5.97 Å². The third-order valence-corrected chi connectivity index (χ3v) is 6.69. The number of carboxylic acid groups (broad SMARTS) is 1. The van der Waals surface area contributed by atoms with Crippen LogP contribution in [0.2, 0.25) is 5.02 Å². The molecule has 0 spiro atoms. The van der Waals surface area contributed by atoms with E-state index in [1.54, 1.807) is 0 Å². The minimum atomic E-state index is -1.02. The van der Waals surface area contributed by atoms with E-state index in [2.05, 4.69) is 10.3 Å². The number of thioether (sulfide) groups is 1. The molecule has 0 radical (unpaired) electrons. The maximum Gasteiger partial charge on any atom is 0.355 e. The van der Waals surface area contributed by atoms with Crippen molar-refractivity contribution in [3.63, 3.8) is 0 Å². The highest BCUT2D eigenvalue weighted by molar-refractivity contribution is 8.01. The molecule has 27 heavy (non-hydrogen) atoms. The summed E-state index contributed by atoms with van der Waals surface area (Å²) in [5.41, 5.74) is 2.08. The van der Waals surface area contributed by atoms with Crippen LogP contribution in [0.25, 0.3) is 0 Å². The Morgan fingerprint density at radius 1 is 1.52 bits per heavy atom. The molecule has 1 fully saturated rings. The van der Waals surface area contributed by atoms with Crippen molar-refractivity contribution in [1.29, 1.82) is 0 Å². The number of nitrogens with zero attached hydrogens (tertiary/aromatic N) is 2. The second kappa shape index (κ2) is 8.95. The number of likely N-dealkylation sites (tertiary alicyclic amines) is 1. The first kappa shape index (κ1) is 20.0. The number of carbonyl (C=O) groups excluding carboxylic acids is 1. The van der Waals surface area contributed by atoms with Gasteiger partial charge in [-0.3, -0.25) is 4.79 Å². The van der Waals surface area contributed by atoms with E-state index in [4.69, 9.17) is 16.7 Å². The number of aryl methyl sites for hydroxylation is 1. The summed E-state index contributed by atoms with van der Waals surface area (Å²) in [6.45, 7) is 3.28. The average Bonchev–Trinajstić information content (AvgIpc) is 3.24. The van der Waals surface area contributed by atoms with E-state index >= 15 is 0 Å². The molecule has 144 valence electrons. The van der Waals surface area contributed by atoms with Gasteiger partial charge in [-0.2, -0.15) is 0 Å². The number of amides is 1. The Hall–Kier alpha value is -1.77. The van der Waals surface area contributed by atoms with Crippen LogP contribution < -0.4 is 5.32 Å². The fourth-order valence-corrected chi connectivity index (χ4v) is 4.96. The van der Waals surface area contributed by atoms with E-state index in [9.17, 15) is 9.59 Å². The molecular weight excluding hydrogens is 406 g/mol. The van der Waals surface area contributed by atoms with Gasteiger partial charge in [0, 0.05) is 36.7 Å². The number of benzene rings is 1. The molecule has 2 heterocycles. The van der Waals surface area contributed by atoms with Crippen molar-refractivity contribution in [2.75, 3.05) is 24.2 Å². The van der Waals surface area contributed by atoms with E-state index in [-0.39, 0.29) is 17.6 Å². The third-order valence-electron chi connectivity index (χ3n) is 4.36. The van der Waals surface area contributed by atoms with Crippen molar-refractivity contribution < 1.29 is 14.7 Å². The summed E-state index contributed by atoms with van der Waals surface area (Å²) < 4.78 is 0.709. The average molecular weight is 426 g/mol. The van der Waals surface area contributed by atoms with Gasteiger partial charge in [0.25, 0.3) is 0 Å². The van der Waals surface area contributed by atoms with Gasteiger partial charge in [0.1, 0.15) is 0 Å². The number of hydrogen-bond acceptors (Lipinski definition) is 6. The summed E-state index contributed by atoms with van der Waals surface area (Å²) in [5, 5.41) is 14.5. The van der Waals surface area contributed by atoms with Crippen LogP contribution in [-0.2, 0) is 4.79 Å². The highest BCUT2D eigenvalue weighted by atomic mass is 35.5. The molecule has 1 atom stereocenters. The topological polar surface area (TPSA) is 82.5 Å². The molecule has 3 rings (SSSR count). The second-order valence-corrected chi connectivity index (χ2v) is 8.90. The van der Waals surface area contributed by atoms with Crippen LogP contribution >= 0.6 is 34.7 Å². The molecule has 1 aromatic carbocycles. The number of aromatic carboxylic acids is 1. The van der Waals surface area contributed by atoms with E-state index in [1.165, 1.54) is 28.5 Å². The minimum absolute atomic E-state index is 0.0665. The van der Waals surface area contributed by atoms with Gasteiger partial charge < -0.3 is 15.3 Å². The first-order chi connectivity index (χ1) is 12.9. The Kier molecular flexibility index (Phi) is 6.62. The van der Waals surface area contributed by atoms with Crippen molar-refractivity contribution in [3.05, 3.63) is 39.9 Å². The molecule has 1 aromatic heterocycles. The summed E-state index contributed by atoms with van der Waals surface area (Å²) in [5.74, 6) is -0.183.